The SMILES string of the molecule is CCCCOC(C)Cc1cccc(C(C)C)c1Cl. The Morgan fingerprint density at radius 2 is 1.94 bits per heavy atom. The van der Waals surface area contributed by atoms with Crippen LogP contribution in [0.1, 0.15) is 57.6 Å². The summed E-state index contributed by atoms with van der Waals surface area (Å²) >= 11 is 6.45. The minimum Gasteiger partial charge on any atom is -0.378 e. The molecule has 0 aromatic heterocycles. The van der Waals surface area contributed by atoms with Crippen LogP contribution in [0.3, 0.4) is 0 Å². The molecule has 1 atom stereocenters. The summed E-state index contributed by atoms with van der Waals surface area (Å²) in [4.78, 5) is 0. The number of hydrogen-bond acceptors (Lipinski definition) is 1. The number of hydrogen-bond donors (Lipinski definition) is 0. The highest BCUT2D eigenvalue weighted by Gasteiger charge is 2.11. The third-order valence-electron chi connectivity index (χ3n) is 3.14. The molecular formula is C16H25ClO. The van der Waals surface area contributed by atoms with Gasteiger partial charge in [-0.3, -0.25) is 0 Å². The maximum Gasteiger partial charge on any atom is 0.0587 e. The van der Waals surface area contributed by atoms with E-state index < -0.39 is 0 Å². The van der Waals surface area contributed by atoms with Crippen molar-refractivity contribution < 1.29 is 4.74 Å². The van der Waals surface area contributed by atoms with Gasteiger partial charge in [-0.15, -0.1) is 0 Å². The topological polar surface area (TPSA) is 9.23 Å². The maximum atomic E-state index is 6.45. The summed E-state index contributed by atoms with van der Waals surface area (Å²) in [5, 5.41) is 0.915. The van der Waals surface area contributed by atoms with Crippen molar-refractivity contribution in [3.05, 3.63) is 34.3 Å². The first kappa shape index (κ1) is 15.5. The van der Waals surface area contributed by atoms with Crippen molar-refractivity contribution in [1.82, 2.24) is 0 Å². The molecule has 1 rings (SSSR count). The first-order valence-electron chi connectivity index (χ1n) is 6.95. The second kappa shape index (κ2) is 7.81. The lowest BCUT2D eigenvalue weighted by Gasteiger charge is -2.16. The van der Waals surface area contributed by atoms with Gasteiger partial charge in [0.15, 0.2) is 0 Å². The van der Waals surface area contributed by atoms with E-state index in [4.69, 9.17) is 16.3 Å². The van der Waals surface area contributed by atoms with Crippen LogP contribution in [0.2, 0.25) is 5.02 Å². The van der Waals surface area contributed by atoms with E-state index in [9.17, 15) is 0 Å². The monoisotopic (exact) mass is 268 g/mol. The zero-order valence-corrected chi connectivity index (χ0v) is 12.8. The van der Waals surface area contributed by atoms with Gasteiger partial charge < -0.3 is 4.74 Å². The van der Waals surface area contributed by atoms with Gasteiger partial charge in [-0.1, -0.05) is 57.0 Å². The molecule has 0 amide bonds. The minimum absolute atomic E-state index is 0.233. The first-order chi connectivity index (χ1) is 8.56. The third kappa shape index (κ3) is 4.62. The van der Waals surface area contributed by atoms with Crippen LogP contribution in [-0.2, 0) is 11.2 Å². The highest BCUT2D eigenvalue weighted by atomic mass is 35.5. The Balaban J connectivity index is 2.64. The molecule has 0 radical (unpaired) electrons. The van der Waals surface area contributed by atoms with E-state index in [1.165, 1.54) is 17.5 Å². The van der Waals surface area contributed by atoms with Gasteiger partial charge in [-0.2, -0.15) is 0 Å². The zero-order valence-electron chi connectivity index (χ0n) is 12.0. The summed E-state index contributed by atoms with van der Waals surface area (Å²) in [6.07, 6.45) is 3.43. The fourth-order valence-electron chi connectivity index (χ4n) is 2.00. The largest absolute Gasteiger partial charge is 0.378 e. The second-order valence-corrected chi connectivity index (χ2v) is 5.59. The van der Waals surface area contributed by atoms with Crippen molar-refractivity contribution >= 4 is 11.6 Å². The fourth-order valence-corrected chi connectivity index (χ4v) is 2.42. The van der Waals surface area contributed by atoms with Gasteiger partial charge in [-0.05, 0) is 36.8 Å². The smallest absolute Gasteiger partial charge is 0.0587 e. The maximum absolute atomic E-state index is 6.45. The third-order valence-corrected chi connectivity index (χ3v) is 3.60. The minimum atomic E-state index is 0.233. The summed E-state index contributed by atoms with van der Waals surface area (Å²) in [6, 6.07) is 6.31. The predicted molar refractivity (Wildman–Crippen MR) is 79.6 cm³/mol. The molecule has 1 nitrogen and oxygen atoms in total. The molecule has 0 aliphatic rings. The summed E-state index contributed by atoms with van der Waals surface area (Å²) in [5.41, 5.74) is 2.43. The quantitative estimate of drug-likeness (QED) is 0.617. The molecule has 0 fully saturated rings. The normalized spacial score (nSPS) is 13.0. The van der Waals surface area contributed by atoms with Crippen LogP contribution in [-0.4, -0.2) is 12.7 Å². The average molecular weight is 269 g/mol. The van der Waals surface area contributed by atoms with E-state index in [1.807, 2.05) is 0 Å². The molecule has 102 valence electrons. The molecule has 18 heavy (non-hydrogen) atoms. The number of rotatable bonds is 7. The Morgan fingerprint density at radius 1 is 1.22 bits per heavy atom. The summed E-state index contributed by atoms with van der Waals surface area (Å²) in [6.45, 7) is 9.49. The van der Waals surface area contributed by atoms with E-state index in [2.05, 4.69) is 45.9 Å². The van der Waals surface area contributed by atoms with Crippen molar-refractivity contribution in [1.29, 1.82) is 0 Å². The second-order valence-electron chi connectivity index (χ2n) is 5.21. The molecule has 0 aliphatic carbocycles. The van der Waals surface area contributed by atoms with Gasteiger partial charge in [-0.25, -0.2) is 0 Å². The van der Waals surface area contributed by atoms with Crippen molar-refractivity contribution in [2.24, 2.45) is 0 Å². The van der Waals surface area contributed by atoms with Crippen molar-refractivity contribution in [2.45, 2.75) is 59.0 Å². The first-order valence-corrected chi connectivity index (χ1v) is 7.32. The van der Waals surface area contributed by atoms with Crippen molar-refractivity contribution in [3.63, 3.8) is 0 Å². The average Bonchev–Trinajstić information content (AvgIpc) is 2.32. The number of ether oxygens (including phenoxy) is 1. The van der Waals surface area contributed by atoms with Gasteiger partial charge >= 0.3 is 0 Å². The van der Waals surface area contributed by atoms with Crippen LogP contribution < -0.4 is 0 Å². The van der Waals surface area contributed by atoms with Crippen molar-refractivity contribution in [3.8, 4) is 0 Å². The molecule has 1 aromatic carbocycles. The van der Waals surface area contributed by atoms with Gasteiger partial charge in [0.1, 0.15) is 0 Å². The van der Waals surface area contributed by atoms with E-state index in [1.54, 1.807) is 0 Å². The Bertz CT molecular complexity index is 360. The molecule has 1 unspecified atom stereocenters. The highest BCUT2D eigenvalue weighted by molar-refractivity contribution is 6.32. The molecule has 2 heteroatoms. The number of halogens is 1. The van der Waals surface area contributed by atoms with Gasteiger partial charge in [0, 0.05) is 11.6 Å². The Hall–Kier alpha value is -0.530. The Morgan fingerprint density at radius 3 is 2.56 bits per heavy atom. The van der Waals surface area contributed by atoms with Crippen LogP contribution in [0.4, 0.5) is 0 Å². The lowest BCUT2D eigenvalue weighted by molar-refractivity contribution is 0.0644. The standard InChI is InChI=1S/C16H25ClO/c1-5-6-10-18-13(4)11-14-8-7-9-15(12(2)3)16(14)17/h7-9,12-13H,5-6,10-11H2,1-4H3. The summed E-state index contributed by atoms with van der Waals surface area (Å²) in [5.74, 6) is 0.466. The molecule has 0 saturated heterocycles. The van der Waals surface area contributed by atoms with Crippen LogP contribution >= 0.6 is 11.6 Å². The van der Waals surface area contributed by atoms with Crippen molar-refractivity contribution in [2.75, 3.05) is 6.61 Å². The molecular weight excluding hydrogens is 244 g/mol. The molecule has 0 N–H and O–H groups in total. The van der Waals surface area contributed by atoms with Crippen LogP contribution in [0, 0.1) is 0 Å². The highest BCUT2D eigenvalue weighted by Crippen LogP contribution is 2.28. The fraction of sp³-hybridized carbons (Fsp3) is 0.625. The molecule has 1 aromatic rings. The van der Waals surface area contributed by atoms with Gasteiger partial charge in [0.2, 0.25) is 0 Å². The zero-order chi connectivity index (χ0) is 13.5. The van der Waals surface area contributed by atoms with E-state index in [-0.39, 0.29) is 6.10 Å². The molecule has 0 heterocycles. The molecule has 0 saturated carbocycles. The predicted octanol–water partition coefficient (Wildman–Crippen LogP) is 5.21. The van der Waals surface area contributed by atoms with E-state index >= 15 is 0 Å². The summed E-state index contributed by atoms with van der Waals surface area (Å²) in [7, 11) is 0. The van der Waals surface area contributed by atoms with Crippen LogP contribution in [0.25, 0.3) is 0 Å². The van der Waals surface area contributed by atoms with Crippen LogP contribution in [0.5, 0.6) is 0 Å². The van der Waals surface area contributed by atoms with E-state index in [0.717, 1.165) is 24.5 Å². The number of benzene rings is 1. The summed E-state index contributed by atoms with van der Waals surface area (Å²) < 4.78 is 5.78. The lowest BCUT2D eigenvalue weighted by atomic mass is 9.98. The van der Waals surface area contributed by atoms with E-state index in [0.29, 0.717) is 5.92 Å². The van der Waals surface area contributed by atoms with Gasteiger partial charge in [0.05, 0.1) is 6.10 Å². The Labute approximate surface area is 116 Å². The number of unbranched alkanes of at least 4 members (excludes halogenated alkanes) is 1. The Kier molecular flexibility index (Phi) is 6.73. The van der Waals surface area contributed by atoms with Crippen LogP contribution in [0.15, 0.2) is 18.2 Å². The molecule has 0 aliphatic heterocycles. The lowest BCUT2D eigenvalue weighted by Crippen LogP contribution is -2.13. The molecule has 0 bridgehead atoms. The molecule has 0 spiro atoms. The van der Waals surface area contributed by atoms with Gasteiger partial charge in [0.25, 0.3) is 0 Å².